The molecule has 2 nitrogen and oxygen atoms in total. The van der Waals surface area contributed by atoms with Crippen LogP contribution in [0.4, 0.5) is 0 Å². The second kappa shape index (κ2) is 9.75. The number of hydrogen-bond acceptors (Lipinski definition) is 2. The molecule has 1 unspecified atom stereocenters. The maximum atomic E-state index is 13.1. The Morgan fingerprint density at radius 3 is 1.78 bits per heavy atom. The van der Waals surface area contributed by atoms with Gasteiger partial charge in [0.15, 0.2) is 5.78 Å². The van der Waals surface area contributed by atoms with Crippen molar-refractivity contribution in [2.75, 3.05) is 0 Å². The molecule has 0 spiro atoms. The predicted molar refractivity (Wildman–Crippen MR) is 117 cm³/mol. The minimum absolute atomic E-state index is 0.0290. The van der Waals surface area contributed by atoms with Gasteiger partial charge in [0.05, 0.1) is 0 Å². The van der Waals surface area contributed by atoms with Gasteiger partial charge in [0.1, 0.15) is 5.75 Å². The molecular weight excluding hydrogens is 332 g/mol. The van der Waals surface area contributed by atoms with Crippen LogP contribution in [0.25, 0.3) is 0 Å². The van der Waals surface area contributed by atoms with Gasteiger partial charge in [-0.1, -0.05) is 93.9 Å². The first kappa shape index (κ1) is 23.7. The number of ketones is 1. The Morgan fingerprint density at radius 1 is 0.889 bits per heavy atom. The SMILES string of the molecule is CCCCCCCCC(C)C(=O)c1cc(C(C)(C)C)c(O)c(C(C)(C)C)c1. The molecule has 0 saturated heterocycles. The van der Waals surface area contributed by atoms with E-state index in [2.05, 4.69) is 55.4 Å². The lowest BCUT2D eigenvalue weighted by Gasteiger charge is -2.28. The number of Topliss-reactive ketones (excluding diaryl/α,β-unsaturated/α-hetero) is 1. The molecule has 0 saturated carbocycles. The zero-order valence-electron chi connectivity index (χ0n) is 19.0. The molecule has 1 aromatic carbocycles. The van der Waals surface area contributed by atoms with E-state index >= 15 is 0 Å². The Hall–Kier alpha value is -1.31. The van der Waals surface area contributed by atoms with E-state index in [1.807, 2.05) is 12.1 Å². The average Bonchev–Trinajstić information content (AvgIpc) is 2.55. The van der Waals surface area contributed by atoms with E-state index in [9.17, 15) is 9.90 Å². The van der Waals surface area contributed by atoms with Crippen LogP contribution in [-0.4, -0.2) is 10.9 Å². The summed E-state index contributed by atoms with van der Waals surface area (Å²) in [6.07, 6.45) is 8.44. The highest BCUT2D eigenvalue weighted by Crippen LogP contribution is 2.40. The first-order valence-corrected chi connectivity index (χ1v) is 10.8. The molecule has 0 amide bonds. The lowest BCUT2D eigenvalue weighted by atomic mass is 9.77. The highest BCUT2D eigenvalue weighted by Gasteiger charge is 2.28. The monoisotopic (exact) mass is 374 g/mol. The van der Waals surface area contributed by atoms with Crippen LogP contribution in [-0.2, 0) is 10.8 Å². The number of hydrogen-bond donors (Lipinski definition) is 1. The fourth-order valence-corrected chi connectivity index (χ4v) is 3.57. The zero-order valence-corrected chi connectivity index (χ0v) is 19.0. The maximum Gasteiger partial charge on any atom is 0.165 e. The van der Waals surface area contributed by atoms with Gasteiger partial charge in [-0.05, 0) is 29.4 Å². The van der Waals surface area contributed by atoms with E-state index in [0.29, 0.717) is 5.75 Å². The van der Waals surface area contributed by atoms with Gasteiger partial charge >= 0.3 is 0 Å². The van der Waals surface area contributed by atoms with Crippen LogP contribution in [0.2, 0.25) is 0 Å². The second-order valence-corrected chi connectivity index (χ2v) is 10.2. The summed E-state index contributed by atoms with van der Waals surface area (Å²) in [6, 6.07) is 3.84. The molecule has 0 aliphatic rings. The molecule has 1 N–H and O–H groups in total. The summed E-state index contributed by atoms with van der Waals surface area (Å²) in [5, 5.41) is 10.8. The number of unbranched alkanes of at least 4 members (excludes halogenated alkanes) is 5. The third-order valence-electron chi connectivity index (χ3n) is 5.45. The number of phenolic OH excluding ortho intramolecular Hbond substituents is 1. The highest BCUT2D eigenvalue weighted by molar-refractivity contribution is 5.98. The molecule has 0 radical (unpaired) electrons. The lowest BCUT2D eigenvalue weighted by Crippen LogP contribution is -2.20. The van der Waals surface area contributed by atoms with E-state index in [1.165, 1.54) is 32.1 Å². The predicted octanol–water partition coefficient (Wildman–Crippen LogP) is 7.56. The van der Waals surface area contributed by atoms with Crippen LogP contribution in [0.15, 0.2) is 12.1 Å². The third kappa shape index (κ3) is 6.97. The van der Waals surface area contributed by atoms with Crippen LogP contribution in [0.3, 0.4) is 0 Å². The Morgan fingerprint density at radius 2 is 1.33 bits per heavy atom. The number of phenols is 1. The molecule has 0 bridgehead atoms. The van der Waals surface area contributed by atoms with Crippen molar-refractivity contribution in [3.05, 3.63) is 28.8 Å². The van der Waals surface area contributed by atoms with Crippen molar-refractivity contribution in [3.8, 4) is 5.75 Å². The van der Waals surface area contributed by atoms with E-state index < -0.39 is 0 Å². The van der Waals surface area contributed by atoms with Gasteiger partial charge in [-0.3, -0.25) is 4.79 Å². The van der Waals surface area contributed by atoms with Crippen molar-refractivity contribution in [2.24, 2.45) is 5.92 Å². The minimum atomic E-state index is -0.205. The topological polar surface area (TPSA) is 37.3 Å². The van der Waals surface area contributed by atoms with Gasteiger partial charge in [0.2, 0.25) is 0 Å². The molecule has 1 atom stereocenters. The molecule has 0 heterocycles. The standard InChI is InChI=1S/C25H42O2/c1-9-10-11-12-13-14-15-18(2)22(26)19-16-20(24(3,4)5)23(27)21(17-19)25(6,7)8/h16-18,27H,9-15H2,1-8H3. The fourth-order valence-electron chi connectivity index (χ4n) is 3.57. The van der Waals surface area contributed by atoms with Crippen molar-refractivity contribution in [2.45, 2.75) is 111 Å². The zero-order chi connectivity index (χ0) is 20.8. The average molecular weight is 375 g/mol. The number of rotatable bonds is 9. The summed E-state index contributed by atoms with van der Waals surface area (Å²) in [4.78, 5) is 13.1. The third-order valence-corrected chi connectivity index (χ3v) is 5.45. The van der Waals surface area contributed by atoms with E-state index in [-0.39, 0.29) is 22.5 Å². The van der Waals surface area contributed by atoms with Crippen molar-refractivity contribution in [1.82, 2.24) is 0 Å². The van der Waals surface area contributed by atoms with Crippen molar-refractivity contribution < 1.29 is 9.90 Å². The number of aromatic hydroxyl groups is 1. The quantitative estimate of drug-likeness (QED) is 0.358. The fraction of sp³-hybridized carbons (Fsp3) is 0.720. The van der Waals surface area contributed by atoms with Crippen LogP contribution in [0.5, 0.6) is 5.75 Å². The molecular formula is C25H42O2. The van der Waals surface area contributed by atoms with Crippen LogP contribution in [0, 0.1) is 5.92 Å². The van der Waals surface area contributed by atoms with Crippen molar-refractivity contribution >= 4 is 5.78 Å². The number of carbonyl (C=O) groups excluding carboxylic acids is 1. The lowest BCUT2D eigenvalue weighted by molar-refractivity contribution is 0.0922. The van der Waals surface area contributed by atoms with E-state index in [0.717, 1.165) is 29.5 Å². The first-order chi connectivity index (χ1) is 12.4. The number of carbonyl (C=O) groups is 1. The molecule has 1 aromatic rings. The molecule has 0 fully saturated rings. The second-order valence-electron chi connectivity index (χ2n) is 10.2. The highest BCUT2D eigenvalue weighted by atomic mass is 16.3. The van der Waals surface area contributed by atoms with Crippen LogP contribution < -0.4 is 0 Å². The molecule has 0 aliphatic carbocycles. The molecule has 0 aliphatic heterocycles. The summed E-state index contributed by atoms with van der Waals surface area (Å²) in [5.74, 6) is 0.580. The van der Waals surface area contributed by atoms with Crippen LogP contribution >= 0.6 is 0 Å². The van der Waals surface area contributed by atoms with Crippen molar-refractivity contribution in [3.63, 3.8) is 0 Å². The van der Waals surface area contributed by atoms with Gasteiger partial charge in [-0.15, -0.1) is 0 Å². The summed E-state index contributed by atoms with van der Waals surface area (Å²) >= 11 is 0. The smallest absolute Gasteiger partial charge is 0.165 e. The Labute approximate surface area is 167 Å². The molecule has 2 heteroatoms. The maximum absolute atomic E-state index is 13.1. The van der Waals surface area contributed by atoms with Gasteiger partial charge < -0.3 is 5.11 Å². The van der Waals surface area contributed by atoms with Gasteiger partial charge in [0.25, 0.3) is 0 Å². The molecule has 27 heavy (non-hydrogen) atoms. The minimum Gasteiger partial charge on any atom is -0.507 e. The van der Waals surface area contributed by atoms with Gasteiger partial charge in [0, 0.05) is 22.6 Å². The molecule has 0 aromatic heterocycles. The number of benzene rings is 1. The summed E-state index contributed by atoms with van der Waals surface area (Å²) in [6.45, 7) is 16.8. The van der Waals surface area contributed by atoms with Crippen LogP contribution in [0.1, 0.15) is 122 Å². The molecule has 1 rings (SSSR count). The van der Waals surface area contributed by atoms with E-state index in [4.69, 9.17) is 0 Å². The largest absolute Gasteiger partial charge is 0.507 e. The Bertz CT molecular complexity index is 579. The van der Waals surface area contributed by atoms with Gasteiger partial charge in [-0.25, -0.2) is 0 Å². The van der Waals surface area contributed by atoms with Gasteiger partial charge in [-0.2, -0.15) is 0 Å². The summed E-state index contributed by atoms with van der Waals surface area (Å²) in [7, 11) is 0. The molecule has 154 valence electrons. The normalized spacial score (nSPS) is 13.6. The first-order valence-electron chi connectivity index (χ1n) is 10.8. The summed E-state index contributed by atoms with van der Waals surface area (Å²) in [5.41, 5.74) is 2.07. The Balaban J connectivity index is 2.99. The summed E-state index contributed by atoms with van der Waals surface area (Å²) < 4.78 is 0. The Kier molecular flexibility index (Phi) is 8.57. The van der Waals surface area contributed by atoms with E-state index in [1.54, 1.807) is 0 Å². The van der Waals surface area contributed by atoms with Crippen molar-refractivity contribution in [1.29, 1.82) is 0 Å².